The fourth-order valence-corrected chi connectivity index (χ4v) is 2.92. The number of nitrogens with zero attached hydrogens (tertiary/aromatic N) is 2. The predicted molar refractivity (Wildman–Crippen MR) is 91.7 cm³/mol. The van der Waals surface area contributed by atoms with Crippen molar-refractivity contribution in [3.63, 3.8) is 0 Å². The maximum Gasteiger partial charge on any atom is 0.344 e. The fraction of sp³-hybridized carbons (Fsp3) is 0.278. The van der Waals surface area contributed by atoms with E-state index >= 15 is 0 Å². The van der Waals surface area contributed by atoms with Gasteiger partial charge in [-0.3, -0.25) is 10.1 Å². The van der Waals surface area contributed by atoms with Crippen molar-refractivity contribution in [2.75, 3.05) is 31.7 Å². The number of hydrogen-bond donors (Lipinski definition) is 0. The van der Waals surface area contributed by atoms with Crippen LogP contribution >= 0.6 is 0 Å². The van der Waals surface area contributed by atoms with Gasteiger partial charge in [0.25, 0.3) is 5.69 Å². The molecule has 0 N–H and O–H groups in total. The molecule has 0 spiro atoms. The number of methoxy groups -OCH3 is 1. The SMILES string of the molecule is COC(=O)c1cc(N2CCOC(c3ccc(F)cc3)C2)ccc1[N+](=O)[O-]. The Bertz CT molecular complexity index is 825. The topological polar surface area (TPSA) is 81.9 Å². The second kappa shape index (κ2) is 7.49. The number of nitro groups is 1. The van der Waals surface area contributed by atoms with Crippen molar-refractivity contribution in [2.45, 2.75) is 6.10 Å². The Balaban J connectivity index is 1.87. The molecular weight excluding hydrogens is 343 g/mol. The first-order valence-electron chi connectivity index (χ1n) is 7.98. The van der Waals surface area contributed by atoms with Gasteiger partial charge in [-0.25, -0.2) is 9.18 Å². The van der Waals surface area contributed by atoms with Crippen LogP contribution in [0.15, 0.2) is 42.5 Å². The van der Waals surface area contributed by atoms with E-state index in [0.29, 0.717) is 25.4 Å². The van der Waals surface area contributed by atoms with E-state index in [1.54, 1.807) is 18.2 Å². The highest BCUT2D eigenvalue weighted by molar-refractivity contribution is 5.95. The van der Waals surface area contributed by atoms with Crippen LogP contribution in [0.2, 0.25) is 0 Å². The Hall–Kier alpha value is -3.00. The molecule has 1 aliphatic heterocycles. The number of ether oxygens (including phenoxy) is 2. The number of rotatable bonds is 4. The lowest BCUT2D eigenvalue weighted by atomic mass is 10.1. The smallest absolute Gasteiger partial charge is 0.344 e. The van der Waals surface area contributed by atoms with E-state index in [-0.39, 0.29) is 23.2 Å². The summed E-state index contributed by atoms with van der Waals surface area (Å²) >= 11 is 0. The predicted octanol–water partition coefficient (Wildman–Crippen LogP) is 3.10. The van der Waals surface area contributed by atoms with Crippen LogP contribution in [-0.4, -0.2) is 37.7 Å². The minimum absolute atomic E-state index is 0.0974. The molecule has 0 saturated carbocycles. The molecule has 1 atom stereocenters. The van der Waals surface area contributed by atoms with Crippen molar-refractivity contribution >= 4 is 17.3 Å². The maximum atomic E-state index is 13.1. The van der Waals surface area contributed by atoms with Gasteiger partial charge >= 0.3 is 5.97 Å². The van der Waals surface area contributed by atoms with Crippen molar-refractivity contribution < 1.29 is 23.6 Å². The van der Waals surface area contributed by atoms with E-state index in [2.05, 4.69) is 4.74 Å². The molecule has 1 aliphatic rings. The summed E-state index contributed by atoms with van der Waals surface area (Å²) in [5.74, 6) is -1.08. The van der Waals surface area contributed by atoms with Crippen LogP contribution in [0.5, 0.6) is 0 Å². The van der Waals surface area contributed by atoms with Crippen LogP contribution in [0.4, 0.5) is 15.8 Å². The summed E-state index contributed by atoms with van der Waals surface area (Å²) in [4.78, 5) is 24.4. The molecule has 1 saturated heterocycles. The molecule has 1 unspecified atom stereocenters. The molecule has 2 aromatic carbocycles. The summed E-state index contributed by atoms with van der Waals surface area (Å²) in [6.07, 6.45) is -0.263. The third-order valence-electron chi connectivity index (χ3n) is 4.26. The number of hydrogen-bond acceptors (Lipinski definition) is 6. The quantitative estimate of drug-likeness (QED) is 0.473. The Morgan fingerprint density at radius 2 is 2.04 bits per heavy atom. The molecule has 1 fully saturated rings. The molecular formula is C18H17FN2O5. The molecule has 3 rings (SSSR count). The van der Waals surface area contributed by atoms with Crippen LogP contribution in [-0.2, 0) is 9.47 Å². The first-order valence-corrected chi connectivity index (χ1v) is 7.98. The summed E-state index contributed by atoms with van der Waals surface area (Å²) in [7, 11) is 1.18. The van der Waals surface area contributed by atoms with Crippen LogP contribution < -0.4 is 4.90 Å². The van der Waals surface area contributed by atoms with Crippen molar-refractivity contribution in [1.29, 1.82) is 0 Å². The van der Waals surface area contributed by atoms with Crippen molar-refractivity contribution in [2.24, 2.45) is 0 Å². The average Bonchev–Trinajstić information content (AvgIpc) is 2.67. The molecule has 0 aromatic heterocycles. The lowest BCUT2D eigenvalue weighted by Crippen LogP contribution is -2.38. The third-order valence-corrected chi connectivity index (χ3v) is 4.26. The molecule has 136 valence electrons. The molecule has 26 heavy (non-hydrogen) atoms. The highest BCUT2D eigenvalue weighted by Gasteiger charge is 2.26. The number of benzene rings is 2. The van der Waals surface area contributed by atoms with E-state index in [0.717, 1.165) is 5.56 Å². The summed E-state index contributed by atoms with van der Waals surface area (Å²) in [6, 6.07) is 10.4. The minimum atomic E-state index is -0.762. The van der Waals surface area contributed by atoms with Gasteiger partial charge in [0.15, 0.2) is 0 Å². The van der Waals surface area contributed by atoms with Crippen LogP contribution in [0.25, 0.3) is 0 Å². The Morgan fingerprint density at radius 1 is 1.31 bits per heavy atom. The highest BCUT2D eigenvalue weighted by atomic mass is 19.1. The van der Waals surface area contributed by atoms with Crippen molar-refractivity contribution in [1.82, 2.24) is 0 Å². The summed E-state index contributed by atoms with van der Waals surface area (Å²) in [5, 5.41) is 11.1. The third kappa shape index (κ3) is 3.65. The summed E-state index contributed by atoms with van der Waals surface area (Å²) < 4.78 is 23.5. The van der Waals surface area contributed by atoms with E-state index < -0.39 is 10.9 Å². The standard InChI is InChI=1S/C18H17FN2O5/c1-25-18(22)15-10-14(6-7-16(15)21(23)24)20-8-9-26-17(11-20)12-2-4-13(19)5-3-12/h2-7,10,17H,8-9,11H2,1H3. The first kappa shape index (κ1) is 17.8. The second-order valence-electron chi connectivity index (χ2n) is 5.81. The van der Waals surface area contributed by atoms with Gasteiger partial charge in [0.05, 0.1) is 18.6 Å². The van der Waals surface area contributed by atoms with Crippen molar-refractivity contribution in [3.05, 3.63) is 69.5 Å². The lowest BCUT2D eigenvalue weighted by molar-refractivity contribution is -0.385. The van der Waals surface area contributed by atoms with Crippen LogP contribution in [0.3, 0.4) is 0 Å². The molecule has 1 heterocycles. The second-order valence-corrected chi connectivity index (χ2v) is 5.81. The number of halogens is 1. The van der Waals surface area contributed by atoms with E-state index in [9.17, 15) is 19.3 Å². The van der Waals surface area contributed by atoms with Gasteiger partial charge in [-0.15, -0.1) is 0 Å². The zero-order valence-electron chi connectivity index (χ0n) is 14.1. The van der Waals surface area contributed by atoms with E-state index in [1.807, 2.05) is 4.90 Å². The fourth-order valence-electron chi connectivity index (χ4n) is 2.92. The Morgan fingerprint density at radius 3 is 2.69 bits per heavy atom. The van der Waals surface area contributed by atoms with E-state index in [4.69, 9.17) is 4.74 Å². The van der Waals surface area contributed by atoms with Crippen LogP contribution in [0, 0.1) is 15.9 Å². The number of esters is 1. The molecule has 2 aromatic rings. The summed E-state index contributed by atoms with van der Waals surface area (Å²) in [6.45, 7) is 1.48. The van der Waals surface area contributed by atoms with Gasteiger partial charge < -0.3 is 14.4 Å². The average molecular weight is 360 g/mol. The summed E-state index contributed by atoms with van der Waals surface area (Å²) in [5.41, 5.74) is 1.10. The highest BCUT2D eigenvalue weighted by Crippen LogP contribution is 2.30. The van der Waals surface area contributed by atoms with Gasteiger partial charge in [-0.05, 0) is 29.8 Å². The zero-order chi connectivity index (χ0) is 18.7. The van der Waals surface area contributed by atoms with Crippen molar-refractivity contribution in [3.8, 4) is 0 Å². The van der Waals surface area contributed by atoms with Crippen LogP contribution in [0.1, 0.15) is 22.0 Å². The molecule has 0 amide bonds. The normalized spacial score (nSPS) is 17.0. The minimum Gasteiger partial charge on any atom is -0.465 e. The van der Waals surface area contributed by atoms with Gasteiger partial charge in [-0.1, -0.05) is 12.1 Å². The molecule has 0 radical (unpaired) electrons. The van der Waals surface area contributed by atoms with Gasteiger partial charge in [0, 0.05) is 24.8 Å². The van der Waals surface area contributed by atoms with Gasteiger partial charge in [0.2, 0.25) is 0 Å². The zero-order valence-corrected chi connectivity index (χ0v) is 14.1. The Kier molecular flexibility index (Phi) is 5.13. The monoisotopic (exact) mass is 360 g/mol. The molecule has 7 nitrogen and oxygen atoms in total. The number of carbonyl (C=O) groups is 1. The number of anilines is 1. The van der Waals surface area contributed by atoms with Gasteiger partial charge in [0.1, 0.15) is 17.5 Å². The first-order chi connectivity index (χ1) is 12.5. The van der Waals surface area contributed by atoms with E-state index in [1.165, 1.54) is 31.4 Å². The Labute approximate surface area is 149 Å². The number of carbonyl (C=O) groups excluding carboxylic acids is 1. The van der Waals surface area contributed by atoms with Gasteiger partial charge in [-0.2, -0.15) is 0 Å². The maximum absolute atomic E-state index is 13.1. The largest absolute Gasteiger partial charge is 0.465 e. The molecule has 0 aliphatic carbocycles. The number of morpholine rings is 1. The molecule has 0 bridgehead atoms. The number of nitro benzene ring substituents is 1. The lowest BCUT2D eigenvalue weighted by Gasteiger charge is -2.35. The molecule has 8 heteroatoms.